The Labute approximate surface area is 156 Å². The number of nitrogens with zero attached hydrogens (tertiary/aromatic N) is 4. The summed E-state index contributed by atoms with van der Waals surface area (Å²) in [5, 5.41) is 3.75. The number of fused-ring (bicyclic) bond motifs is 1. The minimum absolute atomic E-state index is 0.0178. The van der Waals surface area contributed by atoms with Crippen LogP contribution in [0.15, 0.2) is 57.8 Å². The van der Waals surface area contributed by atoms with Gasteiger partial charge in [-0.1, -0.05) is 29.4 Å². The average Bonchev–Trinajstić information content (AvgIpc) is 3.13. The van der Waals surface area contributed by atoms with E-state index in [0.29, 0.717) is 16.7 Å². The van der Waals surface area contributed by atoms with Crippen molar-refractivity contribution in [3.63, 3.8) is 0 Å². The molecule has 0 atom stereocenters. The summed E-state index contributed by atoms with van der Waals surface area (Å²) < 4.78 is 45.3. The quantitative estimate of drug-likeness (QED) is 0.535. The van der Waals surface area contributed by atoms with Crippen molar-refractivity contribution < 1.29 is 17.7 Å². The molecule has 0 aliphatic carbocycles. The third kappa shape index (κ3) is 3.26. The highest BCUT2D eigenvalue weighted by Gasteiger charge is 2.30. The average molecular weight is 386 g/mol. The van der Waals surface area contributed by atoms with Gasteiger partial charge in [0.2, 0.25) is 11.7 Å². The van der Waals surface area contributed by atoms with Crippen LogP contribution in [0.2, 0.25) is 0 Å². The van der Waals surface area contributed by atoms with Crippen LogP contribution in [0.3, 0.4) is 0 Å². The molecule has 0 aliphatic rings. The van der Waals surface area contributed by atoms with E-state index in [-0.39, 0.29) is 29.4 Å². The Bertz CT molecular complexity index is 1230. The zero-order chi connectivity index (χ0) is 19.9. The van der Waals surface area contributed by atoms with E-state index >= 15 is 0 Å². The molecule has 0 saturated carbocycles. The Morgan fingerprint density at radius 1 is 1.07 bits per heavy atom. The molecule has 6 nitrogen and oxygen atoms in total. The lowest BCUT2D eigenvalue weighted by molar-refractivity contribution is -0.137. The summed E-state index contributed by atoms with van der Waals surface area (Å²) >= 11 is 0. The molecule has 2 heterocycles. The predicted octanol–water partition coefficient (Wildman–Crippen LogP) is 3.82. The molecule has 0 aliphatic heterocycles. The highest BCUT2D eigenvalue weighted by Crippen LogP contribution is 2.31. The molecule has 0 spiro atoms. The maximum absolute atomic E-state index is 12.9. The molecule has 0 saturated heterocycles. The van der Waals surface area contributed by atoms with Crippen molar-refractivity contribution in [2.75, 3.05) is 0 Å². The van der Waals surface area contributed by atoms with E-state index in [0.717, 1.165) is 12.1 Å². The van der Waals surface area contributed by atoms with Crippen LogP contribution in [0.5, 0.6) is 0 Å². The van der Waals surface area contributed by atoms with Gasteiger partial charge in [0, 0.05) is 5.56 Å². The summed E-state index contributed by atoms with van der Waals surface area (Å²) in [6.45, 7) is 1.59. The predicted molar refractivity (Wildman–Crippen MR) is 94.6 cm³/mol. The third-order valence-electron chi connectivity index (χ3n) is 4.22. The molecule has 2 aromatic carbocycles. The first kappa shape index (κ1) is 17.9. The Balaban J connectivity index is 1.72. The van der Waals surface area contributed by atoms with Crippen molar-refractivity contribution in [3.05, 3.63) is 76.0 Å². The Morgan fingerprint density at radius 3 is 2.64 bits per heavy atom. The number of hydrogen-bond donors (Lipinski definition) is 0. The summed E-state index contributed by atoms with van der Waals surface area (Å²) in [7, 11) is 0. The van der Waals surface area contributed by atoms with E-state index in [2.05, 4.69) is 15.1 Å². The van der Waals surface area contributed by atoms with Gasteiger partial charge in [-0.25, -0.2) is 4.98 Å². The molecule has 0 bridgehead atoms. The second kappa shape index (κ2) is 6.59. The number of aryl methyl sites for hydroxylation is 1. The fourth-order valence-electron chi connectivity index (χ4n) is 2.88. The Morgan fingerprint density at radius 2 is 1.86 bits per heavy atom. The van der Waals surface area contributed by atoms with Crippen molar-refractivity contribution in [3.8, 4) is 11.4 Å². The molecule has 0 amide bonds. The summed E-state index contributed by atoms with van der Waals surface area (Å²) in [6, 6.07) is 11.8. The van der Waals surface area contributed by atoms with E-state index in [1.54, 1.807) is 25.1 Å². The molecule has 0 N–H and O–H groups in total. The van der Waals surface area contributed by atoms with Gasteiger partial charge in [-0.3, -0.25) is 9.36 Å². The molecule has 0 unspecified atom stereocenters. The second-order valence-corrected chi connectivity index (χ2v) is 6.17. The van der Waals surface area contributed by atoms with Crippen LogP contribution in [0.25, 0.3) is 22.4 Å². The number of alkyl halides is 3. The topological polar surface area (TPSA) is 73.8 Å². The minimum atomic E-state index is -4.47. The number of rotatable bonds is 3. The van der Waals surface area contributed by atoms with Crippen LogP contribution in [0, 0.1) is 6.92 Å². The van der Waals surface area contributed by atoms with Crippen LogP contribution in [-0.4, -0.2) is 19.7 Å². The molecular weight excluding hydrogens is 373 g/mol. The van der Waals surface area contributed by atoms with Gasteiger partial charge in [-0.2, -0.15) is 18.2 Å². The summed E-state index contributed by atoms with van der Waals surface area (Å²) in [4.78, 5) is 20.9. The number of halogens is 3. The summed E-state index contributed by atoms with van der Waals surface area (Å²) in [5.74, 6) is 0.120. The minimum Gasteiger partial charge on any atom is -0.337 e. The first-order chi connectivity index (χ1) is 13.3. The molecular formula is C19H13F3N4O2. The zero-order valence-corrected chi connectivity index (χ0v) is 14.6. The van der Waals surface area contributed by atoms with E-state index < -0.39 is 11.7 Å². The van der Waals surface area contributed by atoms with Crippen molar-refractivity contribution >= 4 is 11.0 Å². The van der Waals surface area contributed by atoms with Crippen LogP contribution >= 0.6 is 0 Å². The molecule has 28 heavy (non-hydrogen) atoms. The molecule has 4 rings (SSSR count). The molecule has 9 heteroatoms. The van der Waals surface area contributed by atoms with Gasteiger partial charge >= 0.3 is 6.18 Å². The van der Waals surface area contributed by atoms with Gasteiger partial charge in [-0.15, -0.1) is 0 Å². The monoisotopic (exact) mass is 386 g/mol. The fraction of sp³-hybridized carbons (Fsp3) is 0.158. The van der Waals surface area contributed by atoms with Crippen molar-refractivity contribution in [2.24, 2.45) is 0 Å². The van der Waals surface area contributed by atoms with Gasteiger partial charge in [0.15, 0.2) is 0 Å². The molecule has 142 valence electrons. The van der Waals surface area contributed by atoms with E-state index in [9.17, 15) is 18.0 Å². The van der Waals surface area contributed by atoms with Crippen LogP contribution < -0.4 is 5.56 Å². The lowest BCUT2D eigenvalue weighted by Crippen LogP contribution is -2.24. The largest absolute Gasteiger partial charge is 0.416 e. The maximum atomic E-state index is 12.9. The lowest BCUT2D eigenvalue weighted by Gasteiger charge is -2.08. The standard InChI is InChI=1S/C19H13F3N4O2/c1-11-18(27)26(15-8-3-2-7-14(15)23-11)10-16-24-17(25-28-16)12-5-4-6-13(9-12)19(20,21)22/h2-9H,10H2,1H3. The fourth-order valence-corrected chi connectivity index (χ4v) is 2.88. The van der Waals surface area contributed by atoms with Crippen LogP contribution in [0.4, 0.5) is 13.2 Å². The van der Waals surface area contributed by atoms with E-state index in [1.165, 1.54) is 16.7 Å². The van der Waals surface area contributed by atoms with Gasteiger partial charge in [0.25, 0.3) is 5.56 Å². The third-order valence-corrected chi connectivity index (χ3v) is 4.22. The lowest BCUT2D eigenvalue weighted by atomic mass is 10.1. The Kier molecular flexibility index (Phi) is 4.21. The van der Waals surface area contributed by atoms with Crippen molar-refractivity contribution in [1.29, 1.82) is 0 Å². The van der Waals surface area contributed by atoms with E-state index in [1.807, 2.05) is 6.07 Å². The molecule has 0 radical (unpaired) electrons. The highest BCUT2D eigenvalue weighted by atomic mass is 19.4. The number of aromatic nitrogens is 4. The normalized spacial score (nSPS) is 11.9. The zero-order valence-electron chi connectivity index (χ0n) is 14.6. The molecule has 2 aromatic heterocycles. The SMILES string of the molecule is Cc1nc2ccccc2n(Cc2nc(-c3cccc(C(F)(F)F)c3)no2)c1=O. The van der Waals surface area contributed by atoms with Crippen molar-refractivity contribution in [1.82, 2.24) is 19.7 Å². The summed E-state index contributed by atoms with van der Waals surface area (Å²) in [6.07, 6.45) is -4.47. The van der Waals surface area contributed by atoms with Gasteiger partial charge in [0.1, 0.15) is 12.2 Å². The van der Waals surface area contributed by atoms with Crippen molar-refractivity contribution in [2.45, 2.75) is 19.6 Å². The van der Waals surface area contributed by atoms with Crippen LogP contribution in [-0.2, 0) is 12.7 Å². The second-order valence-electron chi connectivity index (χ2n) is 6.17. The van der Waals surface area contributed by atoms with E-state index in [4.69, 9.17) is 4.52 Å². The molecule has 4 aromatic rings. The smallest absolute Gasteiger partial charge is 0.337 e. The summed E-state index contributed by atoms with van der Waals surface area (Å²) in [5.41, 5.74) is 0.610. The van der Waals surface area contributed by atoms with Gasteiger partial charge < -0.3 is 4.52 Å². The Hall–Kier alpha value is -3.49. The molecule has 0 fully saturated rings. The number of hydrogen-bond acceptors (Lipinski definition) is 5. The van der Waals surface area contributed by atoms with Gasteiger partial charge in [0.05, 0.1) is 16.6 Å². The number of benzene rings is 2. The number of para-hydroxylation sites is 2. The van der Waals surface area contributed by atoms with Crippen LogP contribution in [0.1, 0.15) is 17.1 Å². The van der Waals surface area contributed by atoms with Gasteiger partial charge in [-0.05, 0) is 31.2 Å². The highest BCUT2D eigenvalue weighted by molar-refractivity contribution is 5.74. The maximum Gasteiger partial charge on any atom is 0.416 e. The first-order valence-corrected chi connectivity index (χ1v) is 8.29. The first-order valence-electron chi connectivity index (χ1n) is 8.29.